The topological polar surface area (TPSA) is 49.8 Å². The van der Waals surface area contributed by atoms with E-state index in [1.807, 2.05) is 12.1 Å². The van der Waals surface area contributed by atoms with Crippen LogP contribution in [0.5, 0.6) is 0 Å². The summed E-state index contributed by atoms with van der Waals surface area (Å²) in [5.74, 6) is 0.431. The Labute approximate surface area is 91.9 Å². The lowest BCUT2D eigenvalue weighted by Crippen LogP contribution is -1.81. The van der Waals surface area contributed by atoms with Gasteiger partial charge in [-0.2, -0.15) is 5.26 Å². The maximum atomic E-state index is 8.95. The number of halogens is 1. The lowest BCUT2D eigenvalue weighted by Gasteiger charge is -1.98. The second kappa shape index (κ2) is 3.76. The van der Waals surface area contributed by atoms with Crippen molar-refractivity contribution in [2.75, 3.05) is 0 Å². The van der Waals surface area contributed by atoms with Crippen LogP contribution in [0.2, 0.25) is 5.02 Å². The first-order valence-corrected chi connectivity index (χ1v) is 4.73. The molecule has 0 bridgehead atoms. The van der Waals surface area contributed by atoms with Crippen LogP contribution in [-0.2, 0) is 0 Å². The van der Waals surface area contributed by atoms with Crippen molar-refractivity contribution >= 4 is 11.6 Å². The van der Waals surface area contributed by atoms with Crippen molar-refractivity contribution < 1.29 is 4.52 Å². The molecule has 2 rings (SSSR count). The number of hydrogen-bond donors (Lipinski definition) is 0. The second-order valence-electron chi connectivity index (χ2n) is 3.06. The number of aromatic nitrogens is 1. The zero-order chi connectivity index (χ0) is 10.8. The van der Waals surface area contributed by atoms with E-state index >= 15 is 0 Å². The van der Waals surface area contributed by atoms with E-state index in [9.17, 15) is 0 Å². The standard InChI is InChI=1S/C11H7ClN2O/c1-7-9(6-13)11(15-14-7)8-4-2-3-5-10(8)12/h2-5H,1H3. The molecule has 0 saturated carbocycles. The monoisotopic (exact) mass is 218 g/mol. The van der Waals surface area contributed by atoms with Gasteiger partial charge in [-0.05, 0) is 19.1 Å². The summed E-state index contributed by atoms with van der Waals surface area (Å²) in [5, 5.41) is 13.2. The maximum absolute atomic E-state index is 8.95. The summed E-state index contributed by atoms with van der Waals surface area (Å²) in [6.45, 7) is 1.72. The fraction of sp³-hybridized carbons (Fsp3) is 0.0909. The summed E-state index contributed by atoms with van der Waals surface area (Å²) < 4.78 is 5.10. The zero-order valence-corrected chi connectivity index (χ0v) is 8.75. The Bertz CT molecular complexity index is 540. The normalized spacial score (nSPS) is 9.93. The third-order valence-electron chi connectivity index (χ3n) is 2.09. The van der Waals surface area contributed by atoms with E-state index in [4.69, 9.17) is 21.4 Å². The van der Waals surface area contributed by atoms with Crippen LogP contribution in [0, 0.1) is 18.3 Å². The number of nitrogens with zero attached hydrogens (tertiary/aromatic N) is 2. The molecule has 0 unspecified atom stereocenters. The lowest BCUT2D eigenvalue weighted by atomic mass is 10.1. The Morgan fingerprint density at radius 3 is 2.80 bits per heavy atom. The van der Waals surface area contributed by atoms with Crippen molar-refractivity contribution in [3.05, 3.63) is 40.5 Å². The Morgan fingerprint density at radius 2 is 2.13 bits per heavy atom. The van der Waals surface area contributed by atoms with Gasteiger partial charge in [-0.3, -0.25) is 0 Å². The van der Waals surface area contributed by atoms with Crippen LogP contribution in [0.25, 0.3) is 11.3 Å². The highest BCUT2D eigenvalue weighted by molar-refractivity contribution is 6.33. The van der Waals surface area contributed by atoms with Crippen molar-refractivity contribution in [3.8, 4) is 17.4 Å². The van der Waals surface area contributed by atoms with Gasteiger partial charge in [0.2, 0.25) is 0 Å². The maximum Gasteiger partial charge on any atom is 0.186 e. The van der Waals surface area contributed by atoms with Gasteiger partial charge in [-0.25, -0.2) is 0 Å². The van der Waals surface area contributed by atoms with Gasteiger partial charge in [-0.15, -0.1) is 0 Å². The van der Waals surface area contributed by atoms with Crippen molar-refractivity contribution in [2.45, 2.75) is 6.92 Å². The molecule has 1 aromatic heterocycles. The van der Waals surface area contributed by atoms with Crippen molar-refractivity contribution in [3.63, 3.8) is 0 Å². The van der Waals surface area contributed by atoms with Crippen LogP contribution < -0.4 is 0 Å². The molecule has 74 valence electrons. The van der Waals surface area contributed by atoms with Gasteiger partial charge in [-0.1, -0.05) is 28.9 Å². The molecule has 0 aliphatic carbocycles. The van der Waals surface area contributed by atoms with Crippen LogP contribution in [-0.4, -0.2) is 5.16 Å². The summed E-state index contributed by atoms with van der Waals surface area (Å²) in [6.07, 6.45) is 0. The van der Waals surface area contributed by atoms with Crippen molar-refractivity contribution in [1.82, 2.24) is 5.16 Å². The molecule has 0 radical (unpaired) electrons. The fourth-order valence-corrected chi connectivity index (χ4v) is 1.55. The minimum atomic E-state index is 0.431. The van der Waals surface area contributed by atoms with E-state index < -0.39 is 0 Å². The van der Waals surface area contributed by atoms with Gasteiger partial charge < -0.3 is 4.52 Å². The summed E-state index contributed by atoms with van der Waals surface area (Å²) in [7, 11) is 0. The Kier molecular flexibility index (Phi) is 2.44. The first-order valence-electron chi connectivity index (χ1n) is 4.35. The quantitative estimate of drug-likeness (QED) is 0.739. The predicted octanol–water partition coefficient (Wildman–Crippen LogP) is 3.18. The average Bonchev–Trinajstić information content (AvgIpc) is 2.60. The van der Waals surface area contributed by atoms with Crippen LogP contribution in [0.3, 0.4) is 0 Å². The first-order chi connectivity index (χ1) is 7.24. The molecule has 15 heavy (non-hydrogen) atoms. The molecule has 4 heteroatoms. The van der Waals surface area contributed by atoms with E-state index in [-0.39, 0.29) is 0 Å². The number of rotatable bonds is 1. The number of benzene rings is 1. The van der Waals surface area contributed by atoms with Gasteiger partial charge >= 0.3 is 0 Å². The Hall–Kier alpha value is -1.79. The minimum Gasteiger partial charge on any atom is -0.355 e. The van der Waals surface area contributed by atoms with Crippen molar-refractivity contribution in [1.29, 1.82) is 5.26 Å². The molecule has 2 aromatic rings. The summed E-state index contributed by atoms with van der Waals surface area (Å²) in [5.41, 5.74) is 1.70. The van der Waals surface area contributed by atoms with E-state index in [0.717, 1.165) is 0 Å². The van der Waals surface area contributed by atoms with Crippen LogP contribution in [0.15, 0.2) is 28.8 Å². The molecule has 1 aromatic carbocycles. The summed E-state index contributed by atoms with van der Waals surface area (Å²) in [4.78, 5) is 0. The van der Waals surface area contributed by atoms with Crippen molar-refractivity contribution in [2.24, 2.45) is 0 Å². The predicted molar refractivity (Wildman–Crippen MR) is 56.4 cm³/mol. The number of aryl methyl sites for hydroxylation is 1. The molecular formula is C11H7ClN2O. The highest BCUT2D eigenvalue weighted by atomic mass is 35.5. The molecule has 0 saturated heterocycles. The lowest BCUT2D eigenvalue weighted by molar-refractivity contribution is 0.427. The molecular weight excluding hydrogens is 212 g/mol. The third kappa shape index (κ3) is 1.60. The Morgan fingerprint density at radius 1 is 1.40 bits per heavy atom. The van der Waals surface area contributed by atoms with E-state index in [0.29, 0.717) is 27.6 Å². The molecule has 0 amide bonds. The second-order valence-corrected chi connectivity index (χ2v) is 3.47. The van der Waals surface area contributed by atoms with Gasteiger partial charge in [0.05, 0.1) is 10.7 Å². The molecule has 0 spiro atoms. The fourth-order valence-electron chi connectivity index (χ4n) is 1.33. The SMILES string of the molecule is Cc1noc(-c2ccccc2Cl)c1C#N. The molecule has 1 heterocycles. The van der Waals surface area contributed by atoms with E-state index in [2.05, 4.69) is 11.2 Å². The molecule has 3 nitrogen and oxygen atoms in total. The molecule has 0 fully saturated rings. The van der Waals surface area contributed by atoms with Crippen LogP contribution >= 0.6 is 11.6 Å². The number of hydrogen-bond acceptors (Lipinski definition) is 3. The minimum absolute atomic E-state index is 0.431. The highest BCUT2D eigenvalue weighted by Crippen LogP contribution is 2.31. The van der Waals surface area contributed by atoms with Crippen LogP contribution in [0.1, 0.15) is 11.3 Å². The largest absolute Gasteiger partial charge is 0.355 e. The molecule has 0 aliphatic rings. The van der Waals surface area contributed by atoms with Crippen LogP contribution in [0.4, 0.5) is 0 Å². The Balaban J connectivity index is 2.66. The van der Waals surface area contributed by atoms with Gasteiger partial charge in [0, 0.05) is 5.56 Å². The third-order valence-corrected chi connectivity index (χ3v) is 2.42. The molecule has 0 N–H and O–H groups in total. The first kappa shape index (κ1) is 9.75. The summed E-state index contributed by atoms with van der Waals surface area (Å²) >= 11 is 6.00. The van der Waals surface area contributed by atoms with E-state index in [1.165, 1.54) is 0 Å². The molecule has 0 atom stereocenters. The zero-order valence-electron chi connectivity index (χ0n) is 7.99. The smallest absolute Gasteiger partial charge is 0.186 e. The number of nitriles is 1. The average molecular weight is 219 g/mol. The summed E-state index contributed by atoms with van der Waals surface area (Å²) in [6, 6.07) is 9.25. The van der Waals surface area contributed by atoms with Gasteiger partial charge in [0.15, 0.2) is 5.76 Å². The van der Waals surface area contributed by atoms with Gasteiger partial charge in [0.1, 0.15) is 11.6 Å². The van der Waals surface area contributed by atoms with Gasteiger partial charge in [0.25, 0.3) is 0 Å². The van der Waals surface area contributed by atoms with E-state index in [1.54, 1.807) is 19.1 Å². The highest BCUT2D eigenvalue weighted by Gasteiger charge is 2.16. The molecule has 0 aliphatic heterocycles.